The summed E-state index contributed by atoms with van der Waals surface area (Å²) in [5.74, 6) is -1.01. The zero-order chi connectivity index (χ0) is 21.1. The Hall–Kier alpha value is -3.88. The average Bonchev–Trinajstić information content (AvgIpc) is 3.18. The van der Waals surface area contributed by atoms with Crippen LogP contribution in [0.25, 0.3) is 22.6 Å². The number of anilines is 1. The monoisotopic (exact) mass is 409 g/mol. The van der Waals surface area contributed by atoms with Crippen LogP contribution in [0.3, 0.4) is 0 Å². The lowest BCUT2D eigenvalue weighted by atomic mass is 10.1. The molecule has 0 amide bonds. The molecule has 0 aliphatic heterocycles. The van der Waals surface area contributed by atoms with Gasteiger partial charge in [0.15, 0.2) is 0 Å². The van der Waals surface area contributed by atoms with E-state index in [1.807, 2.05) is 31.2 Å². The molecule has 4 aromatic rings. The number of aromatic nitrogens is 4. The van der Waals surface area contributed by atoms with Crippen LogP contribution in [-0.2, 0) is 6.54 Å². The molecule has 0 unspecified atom stereocenters. The van der Waals surface area contributed by atoms with Crippen LogP contribution in [0.1, 0.15) is 12.5 Å². The van der Waals surface area contributed by atoms with Gasteiger partial charge in [-0.1, -0.05) is 23.4 Å². The third-order valence-corrected chi connectivity index (χ3v) is 4.30. The van der Waals surface area contributed by atoms with E-state index in [1.165, 1.54) is 28.9 Å². The van der Waals surface area contributed by atoms with Crippen molar-refractivity contribution in [1.82, 2.24) is 19.9 Å². The Bertz CT molecular complexity index is 1230. The maximum atomic E-state index is 13.5. The van der Waals surface area contributed by atoms with E-state index in [9.17, 15) is 13.6 Å². The van der Waals surface area contributed by atoms with Crippen LogP contribution in [0.5, 0.6) is 0 Å². The van der Waals surface area contributed by atoms with Gasteiger partial charge in [0.1, 0.15) is 11.6 Å². The predicted molar refractivity (Wildman–Crippen MR) is 107 cm³/mol. The summed E-state index contributed by atoms with van der Waals surface area (Å²) >= 11 is 0. The van der Waals surface area contributed by atoms with Gasteiger partial charge < -0.3 is 9.84 Å². The molecule has 0 spiro atoms. The number of halogens is 2. The molecule has 0 radical (unpaired) electrons. The number of rotatable bonds is 6. The second-order valence-corrected chi connectivity index (χ2v) is 6.53. The molecule has 2 aromatic carbocycles. The molecule has 0 fully saturated rings. The molecular formula is C21H17F2N5O2. The average molecular weight is 409 g/mol. The molecule has 152 valence electrons. The van der Waals surface area contributed by atoms with Crippen molar-refractivity contribution in [2.24, 2.45) is 0 Å². The maximum absolute atomic E-state index is 13.5. The van der Waals surface area contributed by atoms with Crippen molar-refractivity contribution in [3.63, 3.8) is 0 Å². The second-order valence-electron chi connectivity index (χ2n) is 6.53. The molecule has 1 N–H and O–H groups in total. The largest absolute Gasteiger partial charge is 0.338 e. The third kappa shape index (κ3) is 4.24. The molecule has 0 aliphatic rings. The molecule has 0 saturated heterocycles. The van der Waals surface area contributed by atoms with E-state index in [4.69, 9.17) is 4.52 Å². The van der Waals surface area contributed by atoms with Crippen molar-refractivity contribution >= 4 is 6.01 Å². The zero-order valence-electron chi connectivity index (χ0n) is 16.0. The predicted octanol–water partition coefficient (Wildman–Crippen LogP) is 3.72. The fraction of sp³-hybridized carbons (Fsp3) is 0.143. The van der Waals surface area contributed by atoms with E-state index in [0.717, 1.165) is 17.2 Å². The molecule has 0 aliphatic carbocycles. The van der Waals surface area contributed by atoms with Gasteiger partial charge in [-0.15, -0.1) is 0 Å². The van der Waals surface area contributed by atoms with E-state index in [1.54, 1.807) is 0 Å². The fourth-order valence-electron chi connectivity index (χ4n) is 2.96. The highest BCUT2D eigenvalue weighted by Gasteiger charge is 2.10. The molecule has 0 saturated carbocycles. The van der Waals surface area contributed by atoms with Gasteiger partial charge >= 0.3 is 6.01 Å². The number of nitrogens with one attached hydrogen (secondary N) is 1. The Morgan fingerprint density at radius 2 is 1.83 bits per heavy atom. The van der Waals surface area contributed by atoms with Crippen LogP contribution >= 0.6 is 0 Å². The first-order chi connectivity index (χ1) is 14.5. The minimum absolute atomic E-state index is 0.163. The SMILES string of the molecule is CCNc1nc(-c2cccc(Cn3nc(-c4cc(F)cc(F)c4)ccc3=O)c2)no1. The molecule has 30 heavy (non-hydrogen) atoms. The molecular weight excluding hydrogens is 392 g/mol. The summed E-state index contributed by atoms with van der Waals surface area (Å²) in [6, 6.07) is 13.5. The van der Waals surface area contributed by atoms with Crippen molar-refractivity contribution in [3.8, 4) is 22.6 Å². The van der Waals surface area contributed by atoms with E-state index in [0.29, 0.717) is 18.4 Å². The van der Waals surface area contributed by atoms with Gasteiger partial charge in [0.2, 0.25) is 5.82 Å². The zero-order valence-corrected chi connectivity index (χ0v) is 16.0. The minimum atomic E-state index is -0.714. The van der Waals surface area contributed by atoms with Crippen LogP contribution in [0, 0.1) is 11.6 Å². The molecule has 2 aromatic heterocycles. The van der Waals surface area contributed by atoms with Crippen molar-refractivity contribution in [3.05, 3.63) is 82.1 Å². The smallest absolute Gasteiger partial charge is 0.321 e. The molecule has 0 atom stereocenters. The maximum Gasteiger partial charge on any atom is 0.321 e. The Kier molecular flexibility index (Phi) is 5.34. The molecule has 7 nitrogen and oxygen atoms in total. The van der Waals surface area contributed by atoms with Crippen molar-refractivity contribution < 1.29 is 13.3 Å². The topological polar surface area (TPSA) is 85.8 Å². The highest BCUT2D eigenvalue weighted by molar-refractivity contribution is 5.58. The summed E-state index contributed by atoms with van der Waals surface area (Å²) in [6.45, 7) is 2.74. The van der Waals surface area contributed by atoms with Crippen LogP contribution in [0.2, 0.25) is 0 Å². The van der Waals surface area contributed by atoms with Crippen LogP contribution in [0.15, 0.2) is 63.9 Å². The van der Waals surface area contributed by atoms with Gasteiger partial charge in [-0.05, 0) is 36.8 Å². The van der Waals surface area contributed by atoms with Crippen molar-refractivity contribution in [2.45, 2.75) is 13.5 Å². The van der Waals surface area contributed by atoms with E-state index < -0.39 is 11.6 Å². The summed E-state index contributed by atoms with van der Waals surface area (Å²) in [6.07, 6.45) is 0. The van der Waals surface area contributed by atoms with Crippen molar-refractivity contribution in [2.75, 3.05) is 11.9 Å². The standard InChI is InChI=1S/C21H17F2N5O2/c1-2-24-21-25-20(27-30-21)14-5-3-4-13(8-14)12-28-19(29)7-6-18(26-28)15-9-16(22)11-17(23)10-15/h3-11H,2,12H2,1H3,(H,24,25,27). The first-order valence-corrected chi connectivity index (χ1v) is 9.23. The van der Waals surface area contributed by atoms with Crippen LogP contribution in [0.4, 0.5) is 14.8 Å². The van der Waals surface area contributed by atoms with Crippen LogP contribution in [-0.4, -0.2) is 26.5 Å². The van der Waals surface area contributed by atoms with Crippen LogP contribution < -0.4 is 10.9 Å². The van der Waals surface area contributed by atoms with Crippen molar-refractivity contribution in [1.29, 1.82) is 0 Å². The molecule has 0 bridgehead atoms. The van der Waals surface area contributed by atoms with Gasteiger partial charge in [-0.25, -0.2) is 13.5 Å². The quantitative estimate of drug-likeness (QED) is 0.522. The Morgan fingerprint density at radius 1 is 1.03 bits per heavy atom. The Labute approximate surface area is 170 Å². The highest BCUT2D eigenvalue weighted by atomic mass is 19.1. The van der Waals surface area contributed by atoms with Gasteiger partial charge in [0.05, 0.1) is 12.2 Å². The lowest BCUT2D eigenvalue weighted by Gasteiger charge is -2.08. The first-order valence-electron chi connectivity index (χ1n) is 9.23. The Balaban J connectivity index is 1.63. The van der Waals surface area contributed by atoms with E-state index in [-0.39, 0.29) is 23.4 Å². The lowest BCUT2D eigenvalue weighted by Crippen LogP contribution is -2.22. The minimum Gasteiger partial charge on any atom is -0.338 e. The van der Waals surface area contributed by atoms with Gasteiger partial charge in [-0.3, -0.25) is 4.79 Å². The van der Waals surface area contributed by atoms with E-state index >= 15 is 0 Å². The summed E-state index contributed by atoms with van der Waals surface area (Å²) in [5.41, 5.74) is 1.70. The fourth-order valence-corrected chi connectivity index (χ4v) is 2.96. The summed E-state index contributed by atoms with van der Waals surface area (Å²) in [7, 11) is 0. The normalized spacial score (nSPS) is 10.9. The first kappa shape index (κ1) is 19.4. The van der Waals surface area contributed by atoms with Gasteiger partial charge in [-0.2, -0.15) is 10.1 Å². The third-order valence-electron chi connectivity index (χ3n) is 4.30. The number of benzene rings is 2. The van der Waals surface area contributed by atoms with Gasteiger partial charge in [0.25, 0.3) is 5.56 Å². The summed E-state index contributed by atoms with van der Waals surface area (Å²) in [5, 5.41) is 11.1. The number of nitrogens with zero attached hydrogens (tertiary/aromatic N) is 4. The highest BCUT2D eigenvalue weighted by Crippen LogP contribution is 2.21. The summed E-state index contributed by atoms with van der Waals surface area (Å²) in [4.78, 5) is 16.5. The number of hydrogen-bond donors (Lipinski definition) is 1. The number of hydrogen-bond acceptors (Lipinski definition) is 6. The summed E-state index contributed by atoms with van der Waals surface area (Å²) < 4.78 is 33.4. The van der Waals surface area contributed by atoms with Gasteiger partial charge in [0, 0.05) is 29.8 Å². The molecule has 4 rings (SSSR count). The molecule has 9 heteroatoms. The van der Waals surface area contributed by atoms with E-state index in [2.05, 4.69) is 20.6 Å². The second kappa shape index (κ2) is 8.24. The molecule has 2 heterocycles. The Morgan fingerprint density at radius 3 is 2.60 bits per heavy atom. The lowest BCUT2D eigenvalue weighted by molar-refractivity contribution is 0.432.